The van der Waals surface area contributed by atoms with Gasteiger partial charge in [-0.15, -0.1) is 0 Å². The van der Waals surface area contributed by atoms with Gasteiger partial charge in [-0.2, -0.15) is 0 Å². The average Bonchev–Trinajstić information content (AvgIpc) is 3.50. The monoisotopic (exact) mass is 468 g/mol. The predicted molar refractivity (Wildman–Crippen MR) is 137 cm³/mol. The van der Waals surface area contributed by atoms with Crippen molar-refractivity contribution in [3.8, 4) is 11.1 Å². The number of anilines is 1. The van der Waals surface area contributed by atoms with Gasteiger partial charge in [0.1, 0.15) is 6.61 Å². The normalized spacial score (nSPS) is 12.5. The maximum absolute atomic E-state index is 12.4. The van der Waals surface area contributed by atoms with E-state index >= 15 is 0 Å². The zero-order valence-electron chi connectivity index (χ0n) is 19.8. The Balaban J connectivity index is 1.26. The van der Waals surface area contributed by atoms with Gasteiger partial charge in [0.05, 0.1) is 19.3 Å². The van der Waals surface area contributed by atoms with E-state index in [1.54, 1.807) is 6.07 Å². The quantitative estimate of drug-likeness (QED) is 0.284. The minimum atomic E-state index is -0.375. The van der Waals surface area contributed by atoms with Gasteiger partial charge >= 0.3 is 5.97 Å². The van der Waals surface area contributed by atoms with Gasteiger partial charge in [0.15, 0.2) is 0 Å². The molecule has 0 aliphatic heterocycles. The highest BCUT2D eigenvalue weighted by atomic mass is 16.5. The summed E-state index contributed by atoms with van der Waals surface area (Å²) in [4.78, 5) is 24.5. The third kappa shape index (κ3) is 4.98. The molecule has 1 aliphatic rings. The number of ether oxygens (including phenoxy) is 2. The highest BCUT2D eigenvalue weighted by Crippen LogP contribution is 2.31. The molecular formula is C29H28N2O4. The van der Waals surface area contributed by atoms with Crippen LogP contribution in [0.2, 0.25) is 0 Å². The fourth-order valence-corrected chi connectivity index (χ4v) is 4.74. The van der Waals surface area contributed by atoms with Crippen molar-refractivity contribution < 1.29 is 19.1 Å². The summed E-state index contributed by atoms with van der Waals surface area (Å²) < 4.78 is 12.7. The number of aryl methyl sites for hydroxylation is 2. The molecular weight excluding hydrogens is 440 g/mol. The van der Waals surface area contributed by atoms with Crippen molar-refractivity contribution in [2.45, 2.75) is 25.8 Å². The van der Waals surface area contributed by atoms with Crippen molar-refractivity contribution >= 4 is 28.5 Å². The number of fused-ring (bicyclic) bond motifs is 2. The molecule has 1 heterocycles. The number of aromatic nitrogens is 1. The molecule has 3 aromatic carbocycles. The van der Waals surface area contributed by atoms with Gasteiger partial charge in [-0.05, 0) is 60.2 Å². The molecule has 6 heteroatoms. The number of nitrogens with one attached hydrogen (secondary N) is 1. The number of hydrogen-bond donors (Lipinski definition) is 1. The van der Waals surface area contributed by atoms with E-state index in [9.17, 15) is 9.59 Å². The highest BCUT2D eigenvalue weighted by Gasteiger charge is 2.15. The van der Waals surface area contributed by atoms with Crippen LogP contribution in [0.5, 0.6) is 0 Å². The molecule has 1 N–H and O–H groups in total. The Morgan fingerprint density at radius 2 is 1.80 bits per heavy atom. The standard InChI is InChI=1S/C29H28N2O4/c1-34-29(33)23-11-13-25-26(21-6-3-2-4-7-21)18-31(27(25)17-23)14-15-35-19-28(32)30-24-12-10-20-8-5-9-22(20)16-24/h2-4,6-7,10-13,16-18H,5,8-9,14-15,19H2,1H3,(H,30,32). The van der Waals surface area contributed by atoms with Crippen LogP contribution in [0, 0.1) is 0 Å². The molecule has 0 fully saturated rings. The third-order valence-electron chi connectivity index (χ3n) is 6.48. The first-order valence-corrected chi connectivity index (χ1v) is 11.9. The number of nitrogens with zero attached hydrogens (tertiary/aromatic N) is 1. The number of hydrogen-bond acceptors (Lipinski definition) is 4. The molecule has 0 saturated carbocycles. The van der Waals surface area contributed by atoms with E-state index in [0.717, 1.165) is 40.6 Å². The lowest BCUT2D eigenvalue weighted by atomic mass is 10.0. The Morgan fingerprint density at radius 1 is 0.971 bits per heavy atom. The molecule has 1 aliphatic carbocycles. The largest absolute Gasteiger partial charge is 0.465 e. The second-order valence-corrected chi connectivity index (χ2v) is 8.76. The van der Waals surface area contributed by atoms with Gasteiger partial charge in [-0.3, -0.25) is 4.79 Å². The van der Waals surface area contributed by atoms with Crippen molar-refractivity contribution in [1.29, 1.82) is 0 Å². The number of methoxy groups -OCH3 is 1. The Hall–Kier alpha value is -3.90. The maximum atomic E-state index is 12.4. The molecule has 5 rings (SSSR count). The molecule has 6 nitrogen and oxygen atoms in total. The van der Waals surface area contributed by atoms with E-state index in [4.69, 9.17) is 9.47 Å². The smallest absolute Gasteiger partial charge is 0.337 e. The predicted octanol–water partition coefficient (Wildman–Crippen LogP) is 5.24. The van der Waals surface area contributed by atoms with Crippen LogP contribution in [0.25, 0.3) is 22.0 Å². The average molecular weight is 469 g/mol. The lowest BCUT2D eigenvalue weighted by Gasteiger charge is -2.09. The number of rotatable bonds is 8. The molecule has 4 aromatic rings. The number of benzene rings is 3. The van der Waals surface area contributed by atoms with Crippen LogP contribution in [-0.2, 0) is 33.7 Å². The topological polar surface area (TPSA) is 69.6 Å². The minimum absolute atomic E-state index is 0.0186. The van der Waals surface area contributed by atoms with Crippen LogP contribution in [0.3, 0.4) is 0 Å². The van der Waals surface area contributed by atoms with Crippen LogP contribution in [0.1, 0.15) is 27.9 Å². The van der Waals surface area contributed by atoms with E-state index in [0.29, 0.717) is 18.7 Å². The van der Waals surface area contributed by atoms with Crippen LogP contribution in [0.15, 0.2) is 72.9 Å². The van der Waals surface area contributed by atoms with Crippen molar-refractivity contribution in [3.05, 3.63) is 89.6 Å². The molecule has 0 unspecified atom stereocenters. The fourth-order valence-electron chi connectivity index (χ4n) is 4.74. The van der Waals surface area contributed by atoms with Crippen molar-refractivity contribution in [2.24, 2.45) is 0 Å². The molecule has 1 amide bonds. The molecule has 0 saturated heterocycles. The van der Waals surface area contributed by atoms with Crippen molar-refractivity contribution in [2.75, 3.05) is 25.6 Å². The Labute approximate surface area is 204 Å². The van der Waals surface area contributed by atoms with Gasteiger partial charge in [0.2, 0.25) is 5.91 Å². The second-order valence-electron chi connectivity index (χ2n) is 8.76. The summed E-state index contributed by atoms with van der Waals surface area (Å²) in [5.74, 6) is -0.543. The van der Waals surface area contributed by atoms with Crippen molar-refractivity contribution in [1.82, 2.24) is 4.57 Å². The van der Waals surface area contributed by atoms with Crippen LogP contribution < -0.4 is 5.32 Å². The summed E-state index contributed by atoms with van der Waals surface area (Å²) in [6, 6.07) is 21.8. The number of esters is 1. The first kappa shape index (κ1) is 22.9. The van der Waals surface area contributed by atoms with Gasteiger partial charge in [0, 0.05) is 34.9 Å². The first-order valence-electron chi connectivity index (χ1n) is 11.9. The first-order chi connectivity index (χ1) is 17.1. The molecule has 0 spiro atoms. The van der Waals surface area contributed by atoms with Crippen LogP contribution >= 0.6 is 0 Å². The van der Waals surface area contributed by atoms with E-state index < -0.39 is 0 Å². The molecule has 1 aromatic heterocycles. The summed E-state index contributed by atoms with van der Waals surface area (Å²) in [5.41, 5.74) is 7.10. The third-order valence-corrected chi connectivity index (χ3v) is 6.48. The van der Waals surface area contributed by atoms with Gasteiger partial charge in [-0.1, -0.05) is 42.5 Å². The summed E-state index contributed by atoms with van der Waals surface area (Å²) in [6.07, 6.45) is 5.43. The van der Waals surface area contributed by atoms with Gasteiger partial charge in [-0.25, -0.2) is 4.79 Å². The zero-order valence-corrected chi connectivity index (χ0v) is 19.8. The lowest BCUT2D eigenvalue weighted by molar-refractivity contribution is -0.120. The van der Waals surface area contributed by atoms with Crippen molar-refractivity contribution in [3.63, 3.8) is 0 Å². The number of carbonyl (C=O) groups is 2. The lowest BCUT2D eigenvalue weighted by Crippen LogP contribution is -2.19. The summed E-state index contributed by atoms with van der Waals surface area (Å²) in [7, 11) is 1.38. The summed E-state index contributed by atoms with van der Waals surface area (Å²) in [5, 5.41) is 3.97. The molecule has 0 radical (unpaired) electrons. The number of amides is 1. The van der Waals surface area contributed by atoms with E-state index in [-0.39, 0.29) is 18.5 Å². The second kappa shape index (κ2) is 10.2. The molecule has 178 valence electrons. The highest BCUT2D eigenvalue weighted by molar-refractivity contribution is 6.00. The Bertz CT molecular complexity index is 1370. The van der Waals surface area contributed by atoms with Gasteiger partial charge in [0.25, 0.3) is 0 Å². The summed E-state index contributed by atoms with van der Waals surface area (Å²) >= 11 is 0. The van der Waals surface area contributed by atoms with E-state index in [1.807, 2.05) is 36.4 Å². The van der Waals surface area contributed by atoms with Crippen LogP contribution in [-0.4, -0.2) is 36.8 Å². The molecule has 0 atom stereocenters. The van der Waals surface area contributed by atoms with E-state index in [2.05, 4.69) is 40.3 Å². The number of carbonyl (C=O) groups excluding carboxylic acids is 2. The SMILES string of the molecule is COC(=O)c1ccc2c(-c3ccccc3)cn(CCOCC(=O)Nc3ccc4c(c3)CCC4)c2c1. The maximum Gasteiger partial charge on any atom is 0.337 e. The Kier molecular flexibility index (Phi) is 6.64. The Morgan fingerprint density at radius 3 is 2.63 bits per heavy atom. The van der Waals surface area contributed by atoms with Gasteiger partial charge < -0.3 is 19.4 Å². The van der Waals surface area contributed by atoms with Crippen LogP contribution in [0.4, 0.5) is 5.69 Å². The summed E-state index contributed by atoms with van der Waals surface area (Å²) in [6.45, 7) is 0.882. The fraction of sp³-hybridized carbons (Fsp3) is 0.241. The molecule has 0 bridgehead atoms. The minimum Gasteiger partial charge on any atom is -0.465 e. The van der Waals surface area contributed by atoms with E-state index in [1.165, 1.54) is 24.7 Å². The zero-order chi connectivity index (χ0) is 24.2. The molecule has 35 heavy (non-hydrogen) atoms.